The third-order valence-corrected chi connectivity index (χ3v) is 2.45. The summed E-state index contributed by atoms with van der Waals surface area (Å²) < 4.78 is 0. The Balaban J connectivity index is 0.000000605. The molecule has 0 heterocycles. The quantitative estimate of drug-likeness (QED) is 0.555. The largest absolute Gasteiger partial charge is 0.224 e. The van der Waals surface area contributed by atoms with Gasteiger partial charge in [-0.05, 0) is 12.3 Å². The van der Waals surface area contributed by atoms with Crippen LogP contribution in [0.2, 0.25) is 0 Å². The molecule has 2 rings (SSSR count). The molecule has 0 amide bonds. The molecule has 0 aromatic rings. The van der Waals surface area contributed by atoms with Crippen LogP contribution in [0.4, 0.5) is 0 Å². The summed E-state index contributed by atoms with van der Waals surface area (Å²) in [4.78, 5) is 0. The van der Waals surface area contributed by atoms with Crippen molar-refractivity contribution in [2.45, 2.75) is 19.8 Å². The molecule has 2 aliphatic carbocycles. The predicted octanol–water partition coefficient (Wildman–Crippen LogP) is 2.73. The van der Waals surface area contributed by atoms with Crippen molar-refractivity contribution in [1.82, 2.24) is 0 Å². The molecule has 0 saturated heterocycles. The topological polar surface area (TPSA) is 0 Å². The summed E-state index contributed by atoms with van der Waals surface area (Å²) in [6.07, 6.45) is 11.8. The van der Waals surface area contributed by atoms with E-state index in [1.165, 1.54) is 12.8 Å². The van der Waals surface area contributed by atoms with Gasteiger partial charge in [-0.3, -0.25) is 0 Å². The third kappa shape index (κ3) is 1.88. The average Bonchev–Trinajstić information content (AvgIpc) is 2.27. The average molecular weight is 224 g/mol. The summed E-state index contributed by atoms with van der Waals surface area (Å²) in [5, 5.41) is 0. The summed E-state index contributed by atoms with van der Waals surface area (Å²) >= 11 is 0. The van der Waals surface area contributed by atoms with Crippen molar-refractivity contribution in [1.29, 1.82) is 0 Å². The molecule has 0 aromatic heterocycles. The van der Waals surface area contributed by atoms with Crippen LogP contribution in [0.1, 0.15) is 19.8 Å². The van der Waals surface area contributed by atoms with Crippen molar-refractivity contribution >= 4 is 0 Å². The van der Waals surface area contributed by atoms with Gasteiger partial charge in [-0.25, -0.2) is 18.1 Å². The maximum Gasteiger partial charge on any atom is 0 e. The van der Waals surface area contributed by atoms with Crippen LogP contribution in [0, 0.1) is 18.3 Å². The van der Waals surface area contributed by atoms with Gasteiger partial charge in [0, 0.05) is 26.2 Å². The van der Waals surface area contributed by atoms with E-state index in [1.807, 2.05) is 0 Å². The smallest absolute Gasteiger partial charge is 0 e. The maximum atomic E-state index is 2.41. The molecule has 2 aliphatic rings. The van der Waals surface area contributed by atoms with E-state index < -0.39 is 0 Å². The summed E-state index contributed by atoms with van der Waals surface area (Å²) in [6, 6.07) is 0. The standard InChI is InChI=1S/C10H13.Zr/c1-8-6-9-4-2-3-5-10(9)7-8;/h2-4,6,8,10H,5,7H2,1H3;/q-1;. The second-order valence-corrected chi connectivity index (χ2v) is 3.41. The second kappa shape index (κ2) is 3.76. The molecule has 0 aliphatic heterocycles. The minimum absolute atomic E-state index is 0. The van der Waals surface area contributed by atoms with Gasteiger partial charge in [0.15, 0.2) is 0 Å². The first-order valence-electron chi connectivity index (χ1n) is 4.08. The van der Waals surface area contributed by atoms with Crippen LogP contribution >= 0.6 is 0 Å². The van der Waals surface area contributed by atoms with Crippen LogP contribution in [0.3, 0.4) is 0 Å². The Morgan fingerprint density at radius 3 is 3.09 bits per heavy atom. The van der Waals surface area contributed by atoms with E-state index in [2.05, 4.69) is 31.6 Å². The van der Waals surface area contributed by atoms with E-state index in [9.17, 15) is 0 Å². The monoisotopic (exact) mass is 223 g/mol. The van der Waals surface area contributed by atoms with E-state index in [0.29, 0.717) is 0 Å². The van der Waals surface area contributed by atoms with E-state index >= 15 is 0 Å². The molecular weight excluding hydrogens is 211 g/mol. The van der Waals surface area contributed by atoms with Gasteiger partial charge < -0.3 is 0 Å². The normalized spacial score (nSPS) is 33.4. The van der Waals surface area contributed by atoms with Crippen molar-refractivity contribution in [2.75, 3.05) is 0 Å². The fourth-order valence-electron chi connectivity index (χ4n) is 1.96. The Hall–Kier alpha value is 0.233. The molecule has 0 N–H and O–H groups in total. The van der Waals surface area contributed by atoms with E-state index in [1.54, 1.807) is 5.57 Å². The number of hydrogen-bond acceptors (Lipinski definition) is 0. The number of fused-ring (bicyclic) bond motifs is 1. The summed E-state index contributed by atoms with van der Waals surface area (Å²) in [7, 11) is 0. The van der Waals surface area contributed by atoms with Gasteiger partial charge in [0.05, 0.1) is 0 Å². The van der Waals surface area contributed by atoms with Crippen molar-refractivity contribution in [3.8, 4) is 0 Å². The van der Waals surface area contributed by atoms with Crippen LogP contribution in [0.25, 0.3) is 0 Å². The summed E-state index contributed by atoms with van der Waals surface area (Å²) in [5.41, 5.74) is 1.58. The Kier molecular flexibility index (Phi) is 3.19. The first-order chi connectivity index (χ1) is 4.86. The van der Waals surface area contributed by atoms with Crippen LogP contribution in [0.5, 0.6) is 0 Å². The third-order valence-electron chi connectivity index (χ3n) is 2.45. The van der Waals surface area contributed by atoms with Crippen molar-refractivity contribution in [3.05, 3.63) is 30.2 Å². The molecule has 58 valence electrons. The zero-order valence-corrected chi connectivity index (χ0v) is 9.34. The van der Waals surface area contributed by atoms with Crippen LogP contribution in [-0.4, -0.2) is 0 Å². The molecule has 0 radical (unpaired) electrons. The number of hydrogen-bond donors (Lipinski definition) is 0. The van der Waals surface area contributed by atoms with Gasteiger partial charge in [-0.15, -0.1) is 12.2 Å². The molecule has 0 nitrogen and oxygen atoms in total. The molecule has 2 unspecified atom stereocenters. The molecule has 1 fully saturated rings. The van der Waals surface area contributed by atoms with E-state index in [0.717, 1.165) is 11.8 Å². The predicted molar refractivity (Wildman–Crippen MR) is 43.4 cm³/mol. The van der Waals surface area contributed by atoms with Crippen molar-refractivity contribution in [2.24, 2.45) is 11.8 Å². The Morgan fingerprint density at radius 1 is 1.55 bits per heavy atom. The maximum absolute atomic E-state index is 2.41. The van der Waals surface area contributed by atoms with Gasteiger partial charge in [-0.1, -0.05) is 19.3 Å². The van der Waals surface area contributed by atoms with Crippen molar-refractivity contribution in [3.63, 3.8) is 0 Å². The zero-order chi connectivity index (χ0) is 6.97. The minimum atomic E-state index is 0. The molecule has 11 heavy (non-hydrogen) atoms. The molecule has 1 saturated carbocycles. The van der Waals surface area contributed by atoms with E-state index in [-0.39, 0.29) is 26.2 Å². The van der Waals surface area contributed by atoms with Gasteiger partial charge in [0.1, 0.15) is 0 Å². The first-order valence-corrected chi connectivity index (χ1v) is 4.08. The number of rotatable bonds is 0. The van der Waals surface area contributed by atoms with Gasteiger partial charge >= 0.3 is 0 Å². The minimum Gasteiger partial charge on any atom is -0.224 e. The van der Waals surface area contributed by atoms with E-state index in [4.69, 9.17) is 0 Å². The molecule has 0 aromatic carbocycles. The van der Waals surface area contributed by atoms with Gasteiger partial charge in [0.2, 0.25) is 0 Å². The summed E-state index contributed by atoms with van der Waals surface area (Å²) in [6.45, 7) is 2.30. The molecule has 2 atom stereocenters. The molecule has 0 bridgehead atoms. The second-order valence-electron chi connectivity index (χ2n) is 3.41. The first kappa shape index (κ1) is 9.32. The Morgan fingerprint density at radius 2 is 2.36 bits per heavy atom. The fourth-order valence-corrected chi connectivity index (χ4v) is 1.96. The number of allylic oxidation sites excluding steroid dienone is 4. The Labute approximate surface area is 87.9 Å². The van der Waals surface area contributed by atoms with Crippen LogP contribution in [0.15, 0.2) is 23.8 Å². The molecular formula is C10H13Zr-. The van der Waals surface area contributed by atoms with Crippen molar-refractivity contribution < 1.29 is 26.2 Å². The Bertz CT molecular complexity index is 191. The SMILES string of the molecule is CC1[CH-]C2=CC=CCC2C1.[Zr]. The van der Waals surface area contributed by atoms with Crippen LogP contribution < -0.4 is 0 Å². The molecule has 0 spiro atoms. The van der Waals surface area contributed by atoms with Crippen LogP contribution in [-0.2, 0) is 26.2 Å². The van der Waals surface area contributed by atoms with Gasteiger partial charge in [-0.2, -0.15) is 0 Å². The fraction of sp³-hybridized carbons (Fsp3) is 0.500. The summed E-state index contributed by atoms with van der Waals surface area (Å²) in [5.74, 6) is 1.68. The zero-order valence-electron chi connectivity index (χ0n) is 6.88. The molecule has 1 heteroatoms. The van der Waals surface area contributed by atoms with Gasteiger partial charge in [0.25, 0.3) is 0 Å².